The minimum absolute atomic E-state index is 0.00922. The first-order valence-corrected chi connectivity index (χ1v) is 9.79. The van der Waals surface area contributed by atoms with Crippen molar-refractivity contribution < 1.29 is 18.7 Å². The zero-order chi connectivity index (χ0) is 20.5. The largest absolute Gasteiger partial charge is 0.497 e. The van der Waals surface area contributed by atoms with Gasteiger partial charge in [-0.15, -0.1) is 0 Å². The highest BCUT2D eigenvalue weighted by Crippen LogP contribution is 2.17. The predicted molar refractivity (Wildman–Crippen MR) is 110 cm³/mol. The van der Waals surface area contributed by atoms with Gasteiger partial charge in [-0.3, -0.25) is 4.79 Å². The van der Waals surface area contributed by atoms with E-state index in [0.29, 0.717) is 37.9 Å². The molecule has 1 aromatic heterocycles. The summed E-state index contributed by atoms with van der Waals surface area (Å²) in [5, 5.41) is 5.79. The maximum absolute atomic E-state index is 12.2. The van der Waals surface area contributed by atoms with Crippen molar-refractivity contribution in [3.63, 3.8) is 0 Å². The van der Waals surface area contributed by atoms with Gasteiger partial charge in [0.2, 0.25) is 5.91 Å². The summed E-state index contributed by atoms with van der Waals surface area (Å²) in [5.74, 6) is 1.82. The molecule has 1 aliphatic rings. The number of urea groups is 1. The highest BCUT2D eigenvalue weighted by molar-refractivity contribution is 5.91. The number of hydrogen-bond donors (Lipinski definition) is 2. The number of amides is 3. The third kappa shape index (κ3) is 6.41. The third-order valence-corrected chi connectivity index (χ3v) is 5.02. The quantitative estimate of drug-likeness (QED) is 0.704. The van der Waals surface area contributed by atoms with Crippen LogP contribution in [0.1, 0.15) is 24.2 Å². The van der Waals surface area contributed by atoms with Crippen molar-refractivity contribution in [3.05, 3.63) is 60.1 Å². The van der Waals surface area contributed by atoms with E-state index in [1.807, 2.05) is 29.2 Å². The molecule has 1 aromatic carbocycles. The molecule has 0 atom stereocenters. The number of rotatable bonds is 7. The van der Waals surface area contributed by atoms with Crippen LogP contribution in [0.5, 0.6) is 5.75 Å². The number of carbonyl (C=O) groups is 2. The SMILES string of the molecule is COc1ccc(CNC(=O)NCC2CCN(C(=O)/C=C/c3ccco3)CC2)cc1. The van der Waals surface area contributed by atoms with Gasteiger partial charge in [-0.1, -0.05) is 12.1 Å². The number of furan rings is 1. The number of nitrogens with one attached hydrogen (secondary N) is 2. The van der Waals surface area contributed by atoms with Gasteiger partial charge in [0, 0.05) is 32.3 Å². The van der Waals surface area contributed by atoms with Crippen molar-refractivity contribution in [2.24, 2.45) is 5.92 Å². The molecule has 3 amide bonds. The van der Waals surface area contributed by atoms with Crippen molar-refractivity contribution >= 4 is 18.0 Å². The number of carbonyl (C=O) groups excluding carboxylic acids is 2. The molecule has 2 aromatic rings. The minimum Gasteiger partial charge on any atom is -0.497 e. The summed E-state index contributed by atoms with van der Waals surface area (Å²) < 4.78 is 10.3. The molecule has 0 radical (unpaired) electrons. The molecule has 1 saturated heterocycles. The Labute approximate surface area is 170 Å². The van der Waals surface area contributed by atoms with Crippen LogP contribution >= 0.6 is 0 Å². The molecule has 7 nitrogen and oxygen atoms in total. The van der Waals surface area contributed by atoms with Gasteiger partial charge in [0.25, 0.3) is 0 Å². The fourth-order valence-corrected chi connectivity index (χ4v) is 3.23. The van der Waals surface area contributed by atoms with Gasteiger partial charge in [-0.05, 0) is 54.7 Å². The van der Waals surface area contributed by atoms with Crippen molar-refractivity contribution in [1.82, 2.24) is 15.5 Å². The Morgan fingerprint density at radius 1 is 1.17 bits per heavy atom. The van der Waals surface area contributed by atoms with Crippen LogP contribution in [0.25, 0.3) is 6.08 Å². The van der Waals surface area contributed by atoms with Gasteiger partial charge >= 0.3 is 6.03 Å². The summed E-state index contributed by atoms with van der Waals surface area (Å²) in [6.45, 7) is 2.46. The van der Waals surface area contributed by atoms with E-state index in [9.17, 15) is 9.59 Å². The Morgan fingerprint density at radius 2 is 1.93 bits per heavy atom. The molecule has 0 spiro atoms. The summed E-state index contributed by atoms with van der Waals surface area (Å²) in [5.41, 5.74) is 1.01. The lowest BCUT2D eigenvalue weighted by Crippen LogP contribution is -2.43. The molecule has 0 aliphatic carbocycles. The normalized spacial score (nSPS) is 14.7. The third-order valence-electron chi connectivity index (χ3n) is 5.02. The first-order chi connectivity index (χ1) is 14.1. The lowest BCUT2D eigenvalue weighted by atomic mass is 9.97. The predicted octanol–water partition coefficient (Wildman–Crippen LogP) is 3.04. The average molecular weight is 397 g/mol. The zero-order valence-electron chi connectivity index (χ0n) is 16.6. The maximum atomic E-state index is 12.2. The van der Waals surface area contributed by atoms with Gasteiger partial charge in [-0.2, -0.15) is 0 Å². The number of nitrogens with zero attached hydrogens (tertiary/aromatic N) is 1. The van der Waals surface area contributed by atoms with Crippen LogP contribution in [0.15, 0.2) is 53.2 Å². The molecule has 2 N–H and O–H groups in total. The topological polar surface area (TPSA) is 83.8 Å². The smallest absolute Gasteiger partial charge is 0.315 e. The van der Waals surface area contributed by atoms with E-state index < -0.39 is 0 Å². The van der Waals surface area contributed by atoms with Crippen LogP contribution in [-0.2, 0) is 11.3 Å². The Kier molecular flexibility index (Phi) is 7.33. The maximum Gasteiger partial charge on any atom is 0.315 e. The summed E-state index contributed by atoms with van der Waals surface area (Å²) in [4.78, 5) is 26.1. The first kappa shape index (κ1) is 20.5. The van der Waals surface area contributed by atoms with Crippen molar-refractivity contribution in [2.45, 2.75) is 19.4 Å². The summed E-state index contributed by atoms with van der Waals surface area (Å²) in [6, 6.07) is 11.0. The number of likely N-dealkylation sites (tertiary alicyclic amines) is 1. The molecule has 1 fully saturated rings. The van der Waals surface area contributed by atoms with Gasteiger partial charge < -0.3 is 24.7 Å². The van der Waals surface area contributed by atoms with Crippen LogP contribution in [0, 0.1) is 5.92 Å². The Morgan fingerprint density at radius 3 is 2.59 bits per heavy atom. The second kappa shape index (κ2) is 10.4. The minimum atomic E-state index is -0.180. The highest BCUT2D eigenvalue weighted by atomic mass is 16.5. The Bertz CT molecular complexity index is 807. The summed E-state index contributed by atoms with van der Waals surface area (Å²) >= 11 is 0. The average Bonchev–Trinajstić information content (AvgIpc) is 3.29. The van der Waals surface area contributed by atoms with E-state index in [2.05, 4.69) is 10.6 Å². The lowest BCUT2D eigenvalue weighted by Gasteiger charge is -2.31. The molecule has 0 unspecified atom stereocenters. The second-order valence-electron chi connectivity index (χ2n) is 7.03. The van der Waals surface area contributed by atoms with Crippen LogP contribution in [0.3, 0.4) is 0 Å². The van der Waals surface area contributed by atoms with Gasteiger partial charge in [-0.25, -0.2) is 4.79 Å². The molecular weight excluding hydrogens is 370 g/mol. The van der Waals surface area contributed by atoms with E-state index in [4.69, 9.17) is 9.15 Å². The van der Waals surface area contributed by atoms with Crippen LogP contribution < -0.4 is 15.4 Å². The number of ether oxygens (including phenoxy) is 1. The number of benzene rings is 1. The van der Waals surface area contributed by atoms with E-state index in [0.717, 1.165) is 24.2 Å². The molecule has 29 heavy (non-hydrogen) atoms. The van der Waals surface area contributed by atoms with E-state index in [-0.39, 0.29) is 11.9 Å². The zero-order valence-corrected chi connectivity index (χ0v) is 16.6. The van der Waals surface area contributed by atoms with E-state index >= 15 is 0 Å². The van der Waals surface area contributed by atoms with Crippen LogP contribution in [0.2, 0.25) is 0 Å². The van der Waals surface area contributed by atoms with Gasteiger partial charge in [0.15, 0.2) is 0 Å². The summed E-state index contributed by atoms with van der Waals surface area (Å²) in [7, 11) is 1.62. The van der Waals surface area contributed by atoms with Crippen molar-refractivity contribution in [1.29, 1.82) is 0 Å². The molecule has 0 bridgehead atoms. The Hall–Kier alpha value is -3.22. The highest BCUT2D eigenvalue weighted by Gasteiger charge is 2.21. The molecule has 154 valence electrons. The molecule has 0 saturated carbocycles. The molecule has 7 heteroatoms. The van der Waals surface area contributed by atoms with Crippen molar-refractivity contribution in [2.75, 3.05) is 26.7 Å². The number of methoxy groups -OCH3 is 1. The van der Waals surface area contributed by atoms with E-state index in [1.54, 1.807) is 37.7 Å². The first-order valence-electron chi connectivity index (χ1n) is 9.79. The summed E-state index contributed by atoms with van der Waals surface area (Å²) in [6.07, 6.45) is 6.56. The fraction of sp³-hybridized carbons (Fsp3) is 0.364. The fourth-order valence-electron chi connectivity index (χ4n) is 3.23. The molecule has 2 heterocycles. The molecular formula is C22H27N3O4. The van der Waals surface area contributed by atoms with Crippen molar-refractivity contribution in [3.8, 4) is 5.75 Å². The number of hydrogen-bond acceptors (Lipinski definition) is 4. The lowest BCUT2D eigenvalue weighted by molar-refractivity contribution is -0.127. The van der Waals surface area contributed by atoms with Gasteiger partial charge in [0.05, 0.1) is 13.4 Å². The molecule has 3 rings (SSSR count). The standard InChI is InChI=1S/C22H27N3O4/c1-28-19-6-4-17(5-7-19)15-23-22(27)24-16-18-10-12-25(13-11-18)21(26)9-8-20-3-2-14-29-20/h2-9,14,18H,10-13,15-16H2,1H3,(H2,23,24,27)/b9-8+. The van der Waals surface area contributed by atoms with Crippen LogP contribution in [0.4, 0.5) is 4.79 Å². The van der Waals surface area contributed by atoms with Gasteiger partial charge in [0.1, 0.15) is 11.5 Å². The monoisotopic (exact) mass is 397 g/mol. The van der Waals surface area contributed by atoms with Crippen LogP contribution in [-0.4, -0.2) is 43.6 Å². The van der Waals surface area contributed by atoms with E-state index in [1.165, 1.54) is 0 Å². The molecule has 1 aliphatic heterocycles. The Balaban J connectivity index is 1.32. The second-order valence-corrected chi connectivity index (χ2v) is 7.03. The number of piperidine rings is 1.